The van der Waals surface area contributed by atoms with Gasteiger partial charge in [-0.1, -0.05) is 0 Å². The van der Waals surface area contributed by atoms with E-state index in [1.807, 2.05) is 0 Å². The van der Waals surface area contributed by atoms with Gasteiger partial charge in [0.15, 0.2) is 0 Å². The molecule has 1 aliphatic heterocycles. The largest absolute Gasteiger partial charge is 0.860 e. The molecule has 0 saturated heterocycles. The lowest BCUT2D eigenvalue weighted by Gasteiger charge is -2.26. The van der Waals surface area contributed by atoms with E-state index in [2.05, 4.69) is 4.99 Å². The van der Waals surface area contributed by atoms with Crippen LogP contribution in [0.25, 0.3) is 0 Å². The molecule has 0 radical (unpaired) electrons. The lowest BCUT2D eigenvalue weighted by molar-refractivity contribution is -0.307. The Morgan fingerprint density at radius 1 is 1.69 bits per heavy atom. The summed E-state index contributed by atoms with van der Waals surface area (Å²) in [6, 6.07) is -1.64. The highest BCUT2D eigenvalue weighted by molar-refractivity contribution is 6.00. The summed E-state index contributed by atoms with van der Waals surface area (Å²) in [5.41, 5.74) is 0. The molecule has 0 saturated carbocycles. The fourth-order valence-corrected chi connectivity index (χ4v) is 1.21. The molecule has 13 heavy (non-hydrogen) atoms. The van der Waals surface area contributed by atoms with Gasteiger partial charge < -0.3 is 19.9 Å². The first-order valence-electron chi connectivity index (χ1n) is 3.82. The number of carbonyl (C=O) groups is 2. The van der Waals surface area contributed by atoms with Crippen LogP contribution in [0.2, 0.25) is 0 Å². The number of carboxylic acid groups (broad SMARTS) is 1. The second-order valence-electron chi connectivity index (χ2n) is 2.61. The number of amides is 2. The maximum Gasteiger partial charge on any atom is 0.343 e. The van der Waals surface area contributed by atoms with Gasteiger partial charge in [-0.3, -0.25) is 0 Å². The van der Waals surface area contributed by atoms with Crippen molar-refractivity contribution < 1.29 is 19.8 Å². The summed E-state index contributed by atoms with van der Waals surface area (Å²) in [5, 5.41) is 21.2. The molecule has 6 heteroatoms. The Bertz CT molecular complexity index is 274. The van der Waals surface area contributed by atoms with E-state index in [1.165, 1.54) is 0 Å². The summed E-state index contributed by atoms with van der Waals surface area (Å²) in [4.78, 5) is 25.4. The first-order chi connectivity index (χ1) is 6.06. The van der Waals surface area contributed by atoms with Gasteiger partial charge in [0.25, 0.3) is 0 Å². The Kier molecular flexibility index (Phi) is 2.50. The predicted octanol–water partition coefficient (Wildman–Crippen LogP) is -2.29. The zero-order valence-electron chi connectivity index (χ0n) is 7.02. The summed E-state index contributed by atoms with van der Waals surface area (Å²) >= 11 is 0. The van der Waals surface area contributed by atoms with Gasteiger partial charge in [-0.25, -0.2) is 9.79 Å². The van der Waals surface area contributed by atoms with Gasteiger partial charge in [-0.05, 0) is 12.8 Å². The topological polar surface area (TPSA) is 95.9 Å². The smallest absolute Gasteiger partial charge is 0.343 e. The average Bonchev–Trinajstić information content (AvgIpc) is 2.26. The molecule has 1 heterocycles. The van der Waals surface area contributed by atoms with E-state index in [4.69, 9.17) is 0 Å². The Labute approximate surface area is 74.5 Å². The van der Waals surface area contributed by atoms with E-state index in [0.29, 0.717) is 0 Å². The number of carbonyl (C=O) groups excluding carboxylic acids is 2. The van der Waals surface area contributed by atoms with Crippen LogP contribution in [0.4, 0.5) is 4.79 Å². The third kappa shape index (κ3) is 1.77. The van der Waals surface area contributed by atoms with Crippen LogP contribution < -0.4 is 10.2 Å². The van der Waals surface area contributed by atoms with E-state index in [9.17, 15) is 19.8 Å². The molecule has 72 valence electrons. The number of nitrogens with zero attached hydrogens (tertiary/aromatic N) is 2. The Morgan fingerprint density at radius 2 is 2.31 bits per heavy atom. The number of rotatable bonds is 3. The number of likely N-dealkylation sites (N-methyl/N-ethyl adjacent to an activating group) is 1. The zero-order chi connectivity index (χ0) is 10.0. The highest BCUT2D eigenvalue weighted by Gasteiger charge is 2.28. The van der Waals surface area contributed by atoms with Gasteiger partial charge in [0.1, 0.15) is 0 Å². The van der Waals surface area contributed by atoms with Crippen molar-refractivity contribution in [1.29, 1.82) is 0 Å². The van der Waals surface area contributed by atoms with Crippen molar-refractivity contribution in [2.24, 2.45) is 4.99 Å². The van der Waals surface area contributed by atoms with Crippen LogP contribution in [0.3, 0.4) is 0 Å². The van der Waals surface area contributed by atoms with Crippen LogP contribution >= 0.6 is 0 Å². The molecule has 0 aromatic rings. The third-order valence-corrected chi connectivity index (χ3v) is 1.81. The lowest BCUT2D eigenvalue weighted by Crippen LogP contribution is -2.45. The van der Waals surface area contributed by atoms with E-state index in [1.54, 1.807) is 6.92 Å². The summed E-state index contributed by atoms with van der Waals surface area (Å²) in [5.74, 6) is -2.06. The Hall–Kier alpha value is -1.59. The highest BCUT2D eigenvalue weighted by Crippen LogP contribution is 2.12. The van der Waals surface area contributed by atoms with Gasteiger partial charge in [-0.15, -0.1) is 0 Å². The van der Waals surface area contributed by atoms with Crippen LogP contribution in [0.15, 0.2) is 4.99 Å². The van der Waals surface area contributed by atoms with Crippen LogP contribution in [-0.4, -0.2) is 35.4 Å². The molecule has 0 bridgehead atoms. The van der Waals surface area contributed by atoms with Crippen LogP contribution in [0, 0.1) is 0 Å². The quantitative estimate of drug-likeness (QED) is 0.493. The zero-order valence-corrected chi connectivity index (χ0v) is 7.02. The van der Waals surface area contributed by atoms with Crippen LogP contribution in [-0.2, 0) is 4.79 Å². The standard InChI is InChI=1S/C7H10N2O4/c1-2-9-4(3-5(10)11)6(12)8-7(9)13/h4H,2-3H2,1H3,(H,10,11)(H,8,12,13)/p-2. The first-order valence-corrected chi connectivity index (χ1v) is 3.82. The number of aliphatic carboxylic acids is 1. The molecule has 2 amide bonds. The number of urea groups is 1. The van der Waals surface area contributed by atoms with Gasteiger partial charge in [-0.2, -0.15) is 0 Å². The predicted molar refractivity (Wildman–Crippen MR) is 38.6 cm³/mol. The molecule has 1 atom stereocenters. The maximum atomic E-state index is 11.0. The third-order valence-electron chi connectivity index (χ3n) is 1.81. The van der Waals surface area contributed by atoms with E-state index < -0.39 is 30.4 Å². The molecular weight excluding hydrogens is 176 g/mol. The second kappa shape index (κ2) is 3.42. The van der Waals surface area contributed by atoms with Gasteiger partial charge in [0.2, 0.25) is 0 Å². The molecule has 1 aliphatic rings. The molecule has 0 spiro atoms. The van der Waals surface area contributed by atoms with Crippen molar-refractivity contribution in [2.45, 2.75) is 19.4 Å². The van der Waals surface area contributed by atoms with Gasteiger partial charge in [0, 0.05) is 18.9 Å². The minimum atomic E-state index is -1.36. The molecule has 0 aliphatic carbocycles. The Morgan fingerprint density at radius 3 is 2.77 bits per heavy atom. The first kappa shape index (κ1) is 9.50. The van der Waals surface area contributed by atoms with Crippen LogP contribution in [0.5, 0.6) is 0 Å². The minimum absolute atomic E-state index is 0.270. The fraction of sp³-hybridized carbons (Fsp3) is 0.571. The molecule has 6 nitrogen and oxygen atoms in total. The van der Waals surface area contributed by atoms with Gasteiger partial charge >= 0.3 is 6.03 Å². The van der Waals surface area contributed by atoms with E-state index in [0.717, 1.165) is 4.90 Å². The highest BCUT2D eigenvalue weighted by atomic mass is 16.4. The molecule has 1 unspecified atom stereocenters. The SMILES string of the molecule is CCN1C(=O)N=C([O-])C1CC(=O)[O-]. The monoisotopic (exact) mass is 184 g/mol. The minimum Gasteiger partial charge on any atom is -0.860 e. The molecule has 1 rings (SSSR count). The van der Waals surface area contributed by atoms with Crippen molar-refractivity contribution in [3.8, 4) is 0 Å². The molecule has 0 aromatic heterocycles. The van der Waals surface area contributed by atoms with Gasteiger partial charge in [0.05, 0.1) is 6.04 Å². The number of carboxylic acids is 1. The number of aliphatic imine (C=N–C) groups is 1. The lowest BCUT2D eigenvalue weighted by atomic mass is 10.2. The number of hydrogen-bond acceptors (Lipinski definition) is 4. The fourth-order valence-electron chi connectivity index (χ4n) is 1.21. The average molecular weight is 184 g/mol. The van der Waals surface area contributed by atoms with Crippen LogP contribution in [0.1, 0.15) is 13.3 Å². The summed E-state index contributed by atoms with van der Waals surface area (Å²) in [6.07, 6.45) is -0.484. The van der Waals surface area contributed by atoms with E-state index >= 15 is 0 Å². The second-order valence-corrected chi connectivity index (χ2v) is 2.61. The number of hydrogen-bond donors (Lipinski definition) is 0. The van der Waals surface area contributed by atoms with Crippen molar-refractivity contribution in [2.75, 3.05) is 6.54 Å². The van der Waals surface area contributed by atoms with Crippen molar-refractivity contribution in [1.82, 2.24) is 4.90 Å². The maximum absolute atomic E-state index is 11.0. The summed E-state index contributed by atoms with van der Waals surface area (Å²) < 4.78 is 0. The normalized spacial score (nSPS) is 21.9. The summed E-state index contributed by atoms with van der Waals surface area (Å²) in [6.45, 7) is 1.92. The van der Waals surface area contributed by atoms with Crippen molar-refractivity contribution in [3.63, 3.8) is 0 Å². The summed E-state index contributed by atoms with van der Waals surface area (Å²) in [7, 11) is 0. The molecule has 0 aromatic carbocycles. The van der Waals surface area contributed by atoms with Crippen molar-refractivity contribution >= 4 is 17.9 Å². The molecule has 0 N–H and O–H groups in total. The van der Waals surface area contributed by atoms with E-state index in [-0.39, 0.29) is 6.54 Å². The molecular formula is C7H8N2O4-2. The van der Waals surface area contributed by atoms with Crippen molar-refractivity contribution in [3.05, 3.63) is 0 Å². The Balaban J connectivity index is 2.76. The molecule has 0 fully saturated rings.